The van der Waals surface area contributed by atoms with Crippen LogP contribution in [0.1, 0.15) is 57.2 Å². The van der Waals surface area contributed by atoms with Crippen molar-refractivity contribution >= 4 is 6.08 Å². The second-order valence-corrected chi connectivity index (χ2v) is 5.57. The number of rotatable bonds is 3. The molecule has 1 aromatic rings. The zero-order chi connectivity index (χ0) is 12.3. The van der Waals surface area contributed by atoms with Crippen molar-refractivity contribution in [3.05, 3.63) is 17.8 Å². The summed E-state index contributed by atoms with van der Waals surface area (Å²) < 4.78 is 5.17. The minimum atomic E-state index is 0.465. The quantitative estimate of drug-likeness (QED) is 0.874. The van der Waals surface area contributed by atoms with Crippen LogP contribution in [-0.4, -0.2) is 16.7 Å². The van der Waals surface area contributed by atoms with Crippen LogP contribution in [0.3, 0.4) is 0 Å². The summed E-state index contributed by atoms with van der Waals surface area (Å²) >= 11 is 0. The van der Waals surface area contributed by atoms with Gasteiger partial charge in [-0.3, -0.25) is 0 Å². The summed E-state index contributed by atoms with van der Waals surface area (Å²) in [5.41, 5.74) is 5.85. The predicted octanol–water partition coefficient (Wildman–Crippen LogP) is 2.73. The third kappa shape index (κ3) is 3.16. The molecule has 17 heavy (non-hydrogen) atoms. The Morgan fingerprint density at radius 1 is 1.41 bits per heavy atom. The van der Waals surface area contributed by atoms with E-state index in [0.29, 0.717) is 23.8 Å². The van der Waals surface area contributed by atoms with E-state index in [4.69, 9.17) is 10.3 Å². The Bertz CT molecular complexity index is 385. The minimum absolute atomic E-state index is 0.465. The van der Waals surface area contributed by atoms with Crippen molar-refractivity contribution in [1.82, 2.24) is 10.1 Å². The van der Waals surface area contributed by atoms with Crippen molar-refractivity contribution in [2.24, 2.45) is 11.1 Å². The lowest BCUT2D eigenvalue weighted by Gasteiger charge is -2.32. The van der Waals surface area contributed by atoms with Crippen LogP contribution in [0.5, 0.6) is 0 Å². The third-order valence-corrected chi connectivity index (χ3v) is 3.56. The van der Waals surface area contributed by atoms with Gasteiger partial charge in [-0.15, -0.1) is 0 Å². The summed E-state index contributed by atoms with van der Waals surface area (Å²) in [6.45, 7) is 5.15. The van der Waals surface area contributed by atoms with Crippen molar-refractivity contribution in [2.45, 2.75) is 45.4 Å². The van der Waals surface area contributed by atoms with Gasteiger partial charge in [-0.2, -0.15) is 4.98 Å². The van der Waals surface area contributed by atoms with E-state index in [2.05, 4.69) is 24.0 Å². The molecule has 1 aliphatic rings. The second-order valence-electron chi connectivity index (χ2n) is 5.57. The normalized spacial score (nSPS) is 21.1. The number of hydrogen-bond donors (Lipinski definition) is 1. The first-order chi connectivity index (χ1) is 8.11. The number of hydrogen-bond acceptors (Lipinski definition) is 4. The molecule has 0 aliphatic heterocycles. The summed E-state index contributed by atoms with van der Waals surface area (Å²) in [5.74, 6) is 1.89. The van der Waals surface area contributed by atoms with Gasteiger partial charge in [0, 0.05) is 18.5 Å². The monoisotopic (exact) mass is 235 g/mol. The highest BCUT2D eigenvalue weighted by atomic mass is 16.5. The highest BCUT2D eigenvalue weighted by molar-refractivity contribution is 5.37. The van der Waals surface area contributed by atoms with Crippen LogP contribution < -0.4 is 5.73 Å². The Morgan fingerprint density at radius 2 is 2.12 bits per heavy atom. The molecule has 1 saturated carbocycles. The molecule has 2 rings (SSSR count). The van der Waals surface area contributed by atoms with Gasteiger partial charge in [0.05, 0.1) is 0 Å². The molecule has 0 amide bonds. The van der Waals surface area contributed by atoms with E-state index < -0.39 is 0 Å². The topological polar surface area (TPSA) is 64.9 Å². The molecular weight excluding hydrogens is 214 g/mol. The van der Waals surface area contributed by atoms with Gasteiger partial charge in [-0.1, -0.05) is 25.1 Å². The van der Waals surface area contributed by atoms with Crippen LogP contribution in [0.25, 0.3) is 6.08 Å². The number of nitrogens with two attached hydrogens (primary N) is 1. The molecule has 0 bridgehead atoms. The van der Waals surface area contributed by atoms with E-state index >= 15 is 0 Å². The fourth-order valence-corrected chi connectivity index (χ4v) is 2.31. The van der Waals surface area contributed by atoms with Gasteiger partial charge >= 0.3 is 0 Å². The number of nitrogens with zero attached hydrogens (tertiary/aromatic N) is 2. The molecule has 4 heteroatoms. The molecule has 1 aliphatic carbocycles. The Labute approximate surface area is 102 Å². The van der Waals surface area contributed by atoms with Crippen LogP contribution in [0.4, 0.5) is 0 Å². The predicted molar refractivity (Wildman–Crippen MR) is 67.4 cm³/mol. The zero-order valence-corrected chi connectivity index (χ0v) is 10.6. The van der Waals surface area contributed by atoms with Crippen LogP contribution in [0.2, 0.25) is 0 Å². The lowest BCUT2D eigenvalue weighted by Crippen LogP contribution is -2.20. The fourth-order valence-electron chi connectivity index (χ4n) is 2.31. The van der Waals surface area contributed by atoms with E-state index in [0.717, 1.165) is 18.7 Å². The molecule has 2 N–H and O–H groups in total. The molecule has 1 fully saturated rings. The maximum absolute atomic E-state index is 5.38. The summed E-state index contributed by atoms with van der Waals surface area (Å²) in [6.07, 6.45) is 8.39. The molecule has 0 saturated heterocycles. The molecule has 0 aromatic carbocycles. The van der Waals surface area contributed by atoms with Gasteiger partial charge in [-0.25, -0.2) is 0 Å². The largest absolute Gasteiger partial charge is 0.335 e. The Hall–Kier alpha value is -1.16. The SMILES string of the molecule is CC1(C)CCC(c2noc(/C=C/CN)n2)CC1. The van der Waals surface area contributed by atoms with Gasteiger partial charge < -0.3 is 10.3 Å². The summed E-state index contributed by atoms with van der Waals surface area (Å²) in [4.78, 5) is 4.40. The molecule has 4 nitrogen and oxygen atoms in total. The first kappa shape index (κ1) is 12.3. The first-order valence-electron chi connectivity index (χ1n) is 6.31. The van der Waals surface area contributed by atoms with Crippen molar-refractivity contribution in [3.63, 3.8) is 0 Å². The van der Waals surface area contributed by atoms with E-state index in [9.17, 15) is 0 Å². The van der Waals surface area contributed by atoms with Crippen molar-refractivity contribution in [1.29, 1.82) is 0 Å². The van der Waals surface area contributed by atoms with E-state index in [-0.39, 0.29) is 0 Å². The summed E-state index contributed by atoms with van der Waals surface area (Å²) in [5, 5.41) is 4.06. The van der Waals surface area contributed by atoms with Crippen LogP contribution in [-0.2, 0) is 0 Å². The minimum Gasteiger partial charge on any atom is -0.335 e. The smallest absolute Gasteiger partial charge is 0.250 e. The van der Waals surface area contributed by atoms with Crippen LogP contribution in [0, 0.1) is 5.41 Å². The molecule has 1 heterocycles. The Balaban J connectivity index is 1.99. The third-order valence-electron chi connectivity index (χ3n) is 3.56. The Morgan fingerprint density at radius 3 is 2.76 bits per heavy atom. The average molecular weight is 235 g/mol. The van der Waals surface area contributed by atoms with Gasteiger partial charge in [0.15, 0.2) is 5.82 Å². The molecular formula is C13H21N3O. The standard InChI is InChI=1S/C13H21N3O/c1-13(2)7-5-10(6-8-13)12-15-11(17-16-12)4-3-9-14/h3-4,10H,5-9,14H2,1-2H3/b4-3+. The molecule has 0 spiro atoms. The molecule has 1 aromatic heterocycles. The highest BCUT2D eigenvalue weighted by Crippen LogP contribution is 2.41. The maximum Gasteiger partial charge on any atom is 0.250 e. The molecule has 0 unspecified atom stereocenters. The fraction of sp³-hybridized carbons (Fsp3) is 0.692. The van der Waals surface area contributed by atoms with Gasteiger partial charge in [0.2, 0.25) is 5.89 Å². The summed E-state index contributed by atoms with van der Waals surface area (Å²) in [7, 11) is 0. The Kier molecular flexibility index (Phi) is 3.62. The molecule has 0 radical (unpaired) electrons. The van der Waals surface area contributed by atoms with Gasteiger partial charge in [-0.05, 0) is 31.1 Å². The zero-order valence-electron chi connectivity index (χ0n) is 10.6. The average Bonchev–Trinajstić information content (AvgIpc) is 2.75. The lowest BCUT2D eigenvalue weighted by molar-refractivity contribution is 0.218. The van der Waals surface area contributed by atoms with Gasteiger partial charge in [0.25, 0.3) is 0 Å². The van der Waals surface area contributed by atoms with Crippen LogP contribution in [0.15, 0.2) is 10.6 Å². The van der Waals surface area contributed by atoms with Crippen molar-refractivity contribution in [3.8, 4) is 0 Å². The van der Waals surface area contributed by atoms with Gasteiger partial charge in [0.1, 0.15) is 0 Å². The van der Waals surface area contributed by atoms with Crippen molar-refractivity contribution < 1.29 is 4.52 Å². The van der Waals surface area contributed by atoms with Crippen LogP contribution >= 0.6 is 0 Å². The molecule has 0 atom stereocenters. The lowest BCUT2D eigenvalue weighted by atomic mass is 9.73. The first-order valence-corrected chi connectivity index (χ1v) is 6.31. The van der Waals surface area contributed by atoms with E-state index in [1.54, 1.807) is 6.08 Å². The van der Waals surface area contributed by atoms with E-state index in [1.165, 1.54) is 12.8 Å². The van der Waals surface area contributed by atoms with E-state index in [1.807, 2.05) is 6.08 Å². The highest BCUT2D eigenvalue weighted by Gasteiger charge is 2.29. The second kappa shape index (κ2) is 5.00. The maximum atomic E-state index is 5.38. The summed E-state index contributed by atoms with van der Waals surface area (Å²) in [6, 6.07) is 0. The van der Waals surface area contributed by atoms with Crippen molar-refractivity contribution in [2.75, 3.05) is 6.54 Å². The number of aromatic nitrogens is 2. The molecule has 94 valence electrons.